The Morgan fingerprint density at radius 3 is 2.86 bits per heavy atom. The Hall–Kier alpha value is -0.830. The van der Waals surface area contributed by atoms with Crippen LogP contribution < -0.4 is 5.32 Å². The molecule has 118 valence electrons. The quantitative estimate of drug-likeness (QED) is 0.833. The van der Waals surface area contributed by atoms with Crippen LogP contribution in [0.1, 0.15) is 64.9 Å². The van der Waals surface area contributed by atoms with E-state index in [-0.39, 0.29) is 0 Å². The molecule has 0 saturated heterocycles. The van der Waals surface area contributed by atoms with E-state index in [1.54, 1.807) is 0 Å². The average molecular weight is 289 g/mol. The Bertz CT molecular complexity index is 477. The number of imidazole rings is 1. The zero-order chi connectivity index (χ0) is 15.0. The maximum absolute atomic E-state index is 4.49. The van der Waals surface area contributed by atoms with Crippen molar-refractivity contribution < 1.29 is 0 Å². The largest absolute Gasteiger partial charge is 0.345 e. The lowest BCUT2D eigenvalue weighted by atomic mass is 9.45. The molecule has 3 nitrogen and oxygen atoms in total. The molecule has 0 radical (unpaired) electrons. The molecule has 0 unspecified atom stereocenters. The number of H-pyrrole nitrogens is 1. The number of unbranched alkanes of at least 4 members (excludes halogenated alkanes) is 1. The first-order valence-corrected chi connectivity index (χ1v) is 8.78. The molecule has 2 N–H and O–H groups in total. The van der Waals surface area contributed by atoms with Crippen molar-refractivity contribution in [2.24, 2.45) is 23.2 Å². The van der Waals surface area contributed by atoms with Crippen LogP contribution in [-0.4, -0.2) is 16.0 Å². The third kappa shape index (κ3) is 2.77. The Balaban J connectivity index is 1.51. The molecular formula is C18H31N3. The van der Waals surface area contributed by atoms with E-state index in [1.165, 1.54) is 31.4 Å². The highest BCUT2D eigenvalue weighted by Gasteiger charge is 2.55. The molecule has 0 amide bonds. The molecule has 4 atom stereocenters. The van der Waals surface area contributed by atoms with Crippen LogP contribution in [0.15, 0.2) is 6.20 Å². The van der Waals surface area contributed by atoms with E-state index in [9.17, 15) is 0 Å². The lowest BCUT2D eigenvalue weighted by Gasteiger charge is -2.62. The highest BCUT2D eigenvalue weighted by molar-refractivity contribution is 5.08. The topological polar surface area (TPSA) is 40.7 Å². The minimum absolute atomic E-state index is 0.582. The van der Waals surface area contributed by atoms with Crippen molar-refractivity contribution in [3.63, 3.8) is 0 Å². The number of aromatic amines is 1. The van der Waals surface area contributed by atoms with Crippen molar-refractivity contribution >= 4 is 0 Å². The van der Waals surface area contributed by atoms with Crippen LogP contribution in [0.25, 0.3) is 0 Å². The van der Waals surface area contributed by atoms with Crippen molar-refractivity contribution in [3.8, 4) is 0 Å². The third-order valence-electron chi connectivity index (χ3n) is 6.36. The monoisotopic (exact) mass is 289 g/mol. The Kier molecular flexibility index (Phi) is 4.13. The first kappa shape index (κ1) is 15.1. The molecule has 3 heteroatoms. The Morgan fingerprint density at radius 1 is 1.38 bits per heavy atom. The fraction of sp³-hybridized carbons (Fsp3) is 0.833. The number of nitrogens with one attached hydrogen (secondary N) is 2. The smallest absolute Gasteiger partial charge is 0.106 e. The van der Waals surface area contributed by atoms with Crippen molar-refractivity contribution in [2.75, 3.05) is 0 Å². The molecule has 1 heterocycles. The lowest BCUT2D eigenvalue weighted by Crippen LogP contribution is -2.59. The van der Waals surface area contributed by atoms with Crippen LogP contribution in [0.5, 0.6) is 0 Å². The Labute approximate surface area is 129 Å². The summed E-state index contributed by atoms with van der Waals surface area (Å²) in [6.07, 6.45) is 8.34. The fourth-order valence-corrected chi connectivity index (χ4v) is 4.63. The summed E-state index contributed by atoms with van der Waals surface area (Å²) in [6, 6.07) is 0.684. The van der Waals surface area contributed by atoms with E-state index in [2.05, 4.69) is 43.0 Å². The van der Waals surface area contributed by atoms with Crippen LogP contribution in [0.2, 0.25) is 0 Å². The maximum atomic E-state index is 4.49. The standard InChI is InChI=1S/C18H31N3/c1-5-6-7-17-20-11-14(21-17)10-19-16-9-13-8-15(12(16)2)18(13,3)4/h11-13,15-16,19H,5-10H2,1-4H3,(H,20,21)/t12-,13+,15-,16-/m1/s1. The molecule has 2 bridgehead atoms. The minimum atomic E-state index is 0.582. The number of hydrogen-bond acceptors (Lipinski definition) is 2. The van der Waals surface area contributed by atoms with Crippen molar-refractivity contribution in [1.29, 1.82) is 0 Å². The molecule has 0 spiro atoms. The van der Waals surface area contributed by atoms with Crippen LogP contribution in [-0.2, 0) is 13.0 Å². The molecule has 3 aliphatic carbocycles. The van der Waals surface area contributed by atoms with Gasteiger partial charge in [0.25, 0.3) is 0 Å². The summed E-state index contributed by atoms with van der Waals surface area (Å²) in [6.45, 7) is 10.5. The molecule has 3 saturated carbocycles. The summed E-state index contributed by atoms with van der Waals surface area (Å²) in [5.74, 6) is 3.79. The summed E-state index contributed by atoms with van der Waals surface area (Å²) in [4.78, 5) is 7.96. The first-order chi connectivity index (χ1) is 10.0. The highest BCUT2D eigenvalue weighted by Crippen LogP contribution is 2.61. The van der Waals surface area contributed by atoms with Gasteiger partial charge in [-0.3, -0.25) is 0 Å². The number of fused-ring (bicyclic) bond motifs is 2. The van der Waals surface area contributed by atoms with Crippen LogP contribution in [0.3, 0.4) is 0 Å². The molecule has 1 aromatic heterocycles. The molecule has 3 fully saturated rings. The second-order valence-corrected chi connectivity index (χ2v) is 7.90. The SMILES string of the molecule is CCCCc1ncc(CN[C@@H]2C[C@@H]3C[C@H]([C@H]2C)C3(C)C)[nH]1. The van der Waals surface area contributed by atoms with Crippen LogP contribution in [0, 0.1) is 23.2 Å². The second-order valence-electron chi connectivity index (χ2n) is 7.90. The van der Waals surface area contributed by atoms with Crippen molar-refractivity contribution in [3.05, 3.63) is 17.7 Å². The van der Waals surface area contributed by atoms with Gasteiger partial charge in [0.05, 0.1) is 0 Å². The van der Waals surface area contributed by atoms with E-state index >= 15 is 0 Å². The van der Waals surface area contributed by atoms with Gasteiger partial charge >= 0.3 is 0 Å². The van der Waals surface area contributed by atoms with Gasteiger partial charge in [0.15, 0.2) is 0 Å². The first-order valence-electron chi connectivity index (χ1n) is 8.78. The van der Waals surface area contributed by atoms with E-state index in [0.29, 0.717) is 11.5 Å². The maximum Gasteiger partial charge on any atom is 0.106 e. The predicted octanol–water partition coefficient (Wildman–Crippen LogP) is 3.91. The van der Waals surface area contributed by atoms with Gasteiger partial charge in [0.2, 0.25) is 0 Å². The number of rotatable bonds is 6. The third-order valence-corrected chi connectivity index (χ3v) is 6.36. The molecule has 4 rings (SSSR count). The van der Waals surface area contributed by atoms with E-state index in [1.807, 2.05) is 6.20 Å². The summed E-state index contributed by atoms with van der Waals surface area (Å²) < 4.78 is 0. The van der Waals surface area contributed by atoms with Gasteiger partial charge in [0.1, 0.15) is 5.82 Å². The van der Waals surface area contributed by atoms with Gasteiger partial charge in [-0.1, -0.05) is 34.1 Å². The van der Waals surface area contributed by atoms with E-state index < -0.39 is 0 Å². The molecule has 3 aliphatic rings. The summed E-state index contributed by atoms with van der Waals surface area (Å²) in [5.41, 5.74) is 1.82. The minimum Gasteiger partial charge on any atom is -0.345 e. The van der Waals surface area contributed by atoms with Gasteiger partial charge in [-0.25, -0.2) is 4.98 Å². The lowest BCUT2D eigenvalue weighted by molar-refractivity contribution is -0.115. The number of aromatic nitrogens is 2. The highest BCUT2D eigenvalue weighted by atomic mass is 15.0. The van der Waals surface area contributed by atoms with E-state index in [0.717, 1.165) is 36.5 Å². The Morgan fingerprint density at radius 2 is 2.19 bits per heavy atom. The zero-order valence-electron chi connectivity index (χ0n) is 14.1. The molecule has 0 aliphatic heterocycles. The van der Waals surface area contributed by atoms with Crippen molar-refractivity contribution in [1.82, 2.24) is 15.3 Å². The van der Waals surface area contributed by atoms with Gasteiger partial charge < -0.3 is 10.3 Å². The van der Waals surface area contributed by atoms with Gasteiger partial charge in [-0.2, -0.15) is 0 Å². The summed E-state index contributed by atoms with van der Waals surface area (Å²) >= 11 is 0. The molecular weight excluding hydrogens is 258 g/mol. The van der Waals surface area contributed by atoms with Gasteiger partial charge in [0, 0.05) is 30.9 Å². The average Bonchev–Trinajstić information content (AvgIpc) is 2.91. The fourth-order valence-electron chi connectivity index (χ4n) is 4.63. The molecule has 21 heavy (non-hydrogen) atoms. The summed E-state index contributed by atoms with van der Waals surface area (Å²) in [7, 11) is 0. The molecule has 0 aromatic carbocycles. The van der Waals surface area contributed by atoms with Gasteiger partial charge in [-0.05, 0) is 42.4 Å². The van der Waals surface area contributed by atoms with Crippen LogP contribution >= 0.6 is 0 Å². The zero-order valence-corrected chi connectivity index (χ0v) is 14.1. The van der Waals surface area contributed by atoms with Gasteiger partial charge in [-0.15, -0.1) is 0 Å². The number of hydrogen-bond donors (Lipinski definition) is 2. The number of aryl methyl sites for hydroxylation is 1. The summed E-state index contributed by atoms with van der Waals surface area (Å²) in [5, 5.41) is 3.78. The predicted molar refractivity (Wildman–Crippen MR) is 87.0 cm³/mol. The van der Waals surface area contributed by atoms with Crippen LogP contribution in [0.4, 0.5) is 0 Å². The second kappa shape index (κ2) is 5.75. The molecule has 1 aromatic rings. The number of nitrogens with zero attached hydrogens (tertiary/aromatic N) is 1. The van der Waals surface area contributed by atoms with E-state index in [4.69, 9.17) is 0 Å². The normalized spacial score (nSPS) is 33.7. The van der Waals surface area contributed by atoms with Crippen molar-refractivity contribution in [2.45, 2.75) is 72.4 Å².